The first-order chi connectivity index (χ1) is 15.8. The first kappa shape index (κ1) is 21.6. The molecular formula is C27H29NO5. The molecule has 33 heavy (non-hydrogen) atoms. The van der Waals surface area contributed by atoms with Crippen molar-refractivity contribution in [1.82, 2.24) is 4.90 Å². The Morgan fingerprint density at radius 3 is 2.36 bits per heavy atom. The summed E-state index contributed by atoms with van der Waals surface area (Å²) < 4.78 is 17.4. The van der Waals surface area contributed by atoms with Gasteiger partial charge >= 0.3 is 11.7 Å². The van der Waals surface area contributed by atoms with Gasteiger partial charge in [-0.25, -0.2) is 9.59 Å². The van der Waals surface area contributed by atoms with Crippen molar-refractivity contribution in [2.45, 2.75) is 70.2 Å². The minimum atomic E-state index is -0.502. The molecule has 0 saturated carbocycles. The van der Waals surface area contributed by atoms with Crippen molar-refractivity contribution in [3.8, 4) is 16.9 Å². The Labute approximate surface area is 193 Å². The van der Waals surface area contributed by atoms with Gasteiger partial charge in [0.1, 0.15) is 23.0 Å². The molecule has 3 heterocycles. The largest absolute Gasteiger partial charge is 0.490 e. The normalized spacial score (nSPS) is 22.4. The highest BCUT2D eigenvalue weighted by molar-refractivity contribution is 5.93. The van der Waals surface area contributed by atoms with Gasteiger partial charge in [-0.2, -0.15) is 0 Å². The summed E-state index contributed by atoms with van der Waals surface area (Å²) in [5.74, 6) is 0.672. The summed E-state index contributed by atoms with van der Waals surface area (Å²) in [7, 11) is 0. The van der Waals surface area contributed by atoms with Crippen LogP contribution in [0.3, 0.4) is 0 Å². The Morgan fingerprint density at radius 1 is 1.00 bits per heavy atom. The highest BCUT2D eigenvalue weighted by atomic mass is 16.6. The van der Waals surface area contributed by atoms with E-state index in [2.05, 4.69) is 0 Å². The molecule has 0 N–H and O–H groups in total. The lowest BCUT2D eigenvalue weighted by atomic mass is 10.00. The summed E-state index contributed by atoms with van der Waals surface area (Å²) >= 11 is 0. The summed E-state index contributed by atoms with van der Waals surface area (Å²) in [6, 6.07) is 17.3. The lowest BCUT2D eigenvalue weighted by Crippen LogP contribution is -2.50. The summed E-state index contributed by atoms with van der Waals surface area (Å²) in [5.41, 5.74) is 1.43. The van der Waals surface area contributed by atoms with Crippen LogP contribution in [0.25, 0.3) is 22.1 Å². The van der Waals surface area contributed by atoms with Crippen molar-refractivity contribution in [2.75, 3.05) is 0 Å². The zero-order valence-corrected chi connectivity index (χ0v) is 19.2. The molecule has 1 aromatic heterocycles. The van der Waals surface area contributed by atoms with Crippen molar-refractivity contribution in [1.29, 1.82) is 0 Å². The molecule has 3 aromatic rings. The van der Waals surface area contributed by atoms with E-state index < -0.39 is 5.60 Å². The van der Waals surface area contributed by atoms with E-state index >= 15 is 0 Å². The van der Waals surface area contributed by atoms with Crippen LogP contribution in [0.1, 0.15) is 46.5 Å². The molecule has 0 aliphatic carbocycles. The lowest BCUT2D eigenvalue weighted by molar-refractivity contribution is -0.00706. The van der Waals surface area contributed by atoms with Crippen molar-refractivity contribution in [3.05, 3.63) is 65.0 Å². The van der Waals surface area contributed by atoms with Crippen LogP contribution in [0.2, 0.25) is 0 Å². The zero-order chi connectivity index (χ0) is 23.2. The number of nitrogens with zero attached hydrogens (tertiary/aromatic N) is 1. The number of hydrogen-bond donors (Lipinski definition) is 0. The van der Waals surface area contributed by atoms with Crippen molar-refractivity contribution >= 4 is 17.1 Å². The van der Waals surface area contributed by atoms with Gasteiger partial charge in [0.05, 0.1) is 0 Å². The minimum Gasteiger partial charge on any atom is -0.490 e. The van der Waals surface area contributed by atoms with E-state index in [0.717, 1.165) is 42.2 Å². The summed E-state index contributed by atoms with van der Waals surface area (Å²) in [6.45, 7) is 5.68. The predicted octanol–water partition coefficient (Wildman–Crippen LogP) is 5.77. The molecule has 2 aromatic carbocycles. The molecule has 2 fully saturated rings. The Hall–Kier alpha value is -3.28. The van der Waals surface area contributed by atoms with E-state index in [1.54, 1.807) is 6.07 Å². The van der Waals surface area contributed by atoms with Crippen molar-refractivity contribution < 1.29 is 18.7 Å². The van der Waals surface area contributed by atoms with Gasteiger partial charge in [-0.3, -0.25) is 0 Å². The number of carbonyl (C=O) groups excluding carboxylic acids is 1. The molecule has 2 aliphatic rings. The summed E-state index contributed by atoms with van der Waals surface area (Å²) in [5, 5.41) is 0.868. The molecular weight excluding hydrogens is 418 g/mol. The van der Waals surface area contributed by atoms with Crippen LogP contribution in [-0.2, 0) is 4.74 Å². The Morgan fingerprint density at radius 2 is 1.70 bits per heavy atom. The van der Waals surface area contributed by atoms with Crippen LogP contribution in [-0.4, -0.2) is 34.8 Å². The predicted molar refractivity (Wildman–Crippen MR) is 126 cm³/mol. The smallest absolute Gasteiger partial charge is 0.410 e. The topological polar surface area (TPSA) is 69.0 Å². The van der Waals surface area contributed by atoms with Crippen LogP contribution in [0.5, 0.6) is 5.75 Å². The van der Waals surface area contributed by atoms with Gasteiger partial charge in [-0.1, -0.05) is 30.3 Å². The average molecular weight is 448 g/mol. The molecule has 1 amide bonds. The molecule has 3 atom stereocenters. The van der Waals surface area contributed by atoms with E-state index in [-0.39, 0.29) is 29.9 Å². The van der Waals surface area contributed by atoms with Gasteiger partial charge in [0, 0.05) is 42.4 Å². The third-order valence-corrected chi connectivity index (χ3v) is 6.40. The number of hydrogen-bond acceptors (Lipinski definition) is 5. The number of piperidine rings is 1. The molecule has 172 valence electrons. The molecule has 5 rings (SSSR count). The molecule has 0 unspecified atom stereocenters. The van der Waals surface area contributed by atoms with Gasteiger partial charge in [0.2, 0.25) is 0 Å². The fourth-order valence-electron chi connectivity index (χ4n) is 5.10. The second-order valence-corrected chi connectivity index (χ2v) is 9.99. The first-order valence-corrected chi connectivity index (χ1v) is 11.6. The van der Waals surface area contributed by atoms with Crippen LogP contribution >= 0.6 is 0 Å². The number of fused-ring (bicyclic) bond motifs is 3. The van der Waals surface area contributed by atoms with Crippen molar-refractivity contribution in [3.63, 3.8) is 0 Å². The Balaban J connectivity index is 1.35. The Kier molecular flexibility index (Phi) is 5.39. The first-order valence-electron chi connectivity index (χ1n) is 11.6. The van der Waals surface area contributed by atoms with E-state index in [9.17, 15) is 9.59 Å². The van der Waals surface area contributed by atoms with E-state index in [1.165, 1.54) is 6.07 Å². The van der Waals surface area contributed by atoms with E-state index in [1.807, 2.05) is 68.1 Å². The van der Waals surface area contributed by atoms with Gasteiger partial charge in [-0.05, 0) is 56.9 Å². The molecule has 2 saturated heterocycles. The fraction of sp³-hybridized carbons (Fsp3) is 0.407. The maximum Gasteiger partial charge on any atom is 0.410 e. The van der Waals surface area contributed by atoms with Crippen LogP contribution in [0, 0.1) is 0 Å². The second kappa shape index (κ2) is 8.25. The maximum absolute atomic E-state index is 12.7. The quantitative estimate of drug-likeness (QED) is 0.477. The average Bonchev–Trinajstić information content (AvgIpc) is 3.03. The van der Waals surface area contributed by atoms with Crippen LogP contribution in [0.15, 0.2) is 63.8 Å². The van der Waals surface area contributed by atoms with Crippen LogP contribution < -0.4 is 10.4 Å². The number of benzene rings is 2. The molecule has 6 heteroatoms. The second-order valence-electron chi connectivity index (χ2n) is 9.99. The third kappa shape index (κ3) is 4.47. The lowest BCUT2D eigenvalue weighted by Gasteiger charge is -2.39. The van der Waals surface area contributed by atoms with Gasteiger partial charge in [0.15, 0.2) is 0 Å². The van der Waals surface area contributed by atoms with E-state index in [4.69, 9.17) is 13.9 Å². The monoisotopic (exact) mass is 447 g/mol. The minimum absolute atomic E-state index is 0.00247. The number of rotatable bonds is 3. The molecule has 6 nitrogen and oxygen atoms in total. The van der Waals surface area contributed by atoms with Crippen LogP contribution in [0.4, 0.5) is 4.79 Å². The van der Waals surface area contributed by atoms with Gasteiger partial charge in [-0.15, -0.1) is 0 Å². The standard InChI is InChI=1S/C27H29NO5/c1-27(2,3)33-26(30)28-18-9-10-19(28)14-21(13-18)31-20-11-12-22-23(17-7-5-4-6-8-17)16-25(29)32-24(22)15-20/h4-8,11-12,15-16,18-19,21H,9-10,13-14H2,1-3H3/t18-,19+,21+. The highest BCUT2D eigenvalue weighted by Gasteiger charge is 2.45. The number of carbonyl (C=O) groups is 1. The maximum atomic E-state index is 12.7. The highest BCUT2D eigenvalue weighted by Crippen LogP contribution is 2.39. The SMILES string of the molecule is CC(C)(C)OC(=O)N1[C@@H]2CC[C@H]1C[C@@H](Oc1ccc3c(-c4ccccc4)cc(=O)oc3c1)C2. The summed E-state index contributed by atoms with van der Waals surface area (Å²) in [6.07, 6.45) is 3.24. The molecule has 0 spiro atoms. The van der Waals surface area contributed by atoms with Gasteiger partial charge < -0.3 is 18.8 Å². The molecule has 2 aliphatic heterocycles. The van der Waals surface area contributed by atoms with Crippen molar-refractivity contribution in [2.24, 2.45) is 0 Å². The summed E-state index contributed by atoms with van der Waals surface area (Å²) in [4.78, 5) is 26.8. The fourth-order valence-corrected chi connectivity index (χ4v) is 5.10. The number of ether oxygens (including phenoxy) is 2. The number of amides is 1. The molecule has 0 radical (unpaired) electrons. The van der Waals surface area contributed by atoms with E-state index in [0.29, 0.717) is 11.3 Å². The third-order valence-electron chi connectivity index (χ3n) is 6.40. The molecule has 2 bridgehead atoms. The zero-order valence-electron chi connectivity index (χ0n) is 19.2. The Bertz CT molecular complexity index is 1210. The van der Waals surface area contributed by atoms with Gasteiger partial charge in [0.25, 0.3) is 0 Å².